The molecule has 0 spiro atoms. The molecule has 5 nitrogen and oxygen atoms in total. The van der Waals surface area contributed by atoms with E-state index in [2.05, 4.69) is 4.98 Å². The van der Waals surface area contributed by atoms with Gasteiger partial charge in [-0.1, -0.05) is 0 Å². The molecule has 1 N–H and O–H groups in total. The molecule has 8 heteroatoms. The summed E-state index contributed by atoms with van der Waals surface area (Å²) in [6, 6.07) is 0.248. The predicted octanol–water partition coefficient (Wildman–Crippen LogP) is 2.76. The fraction of sp³-hybridized carbons (Fsp3) is 0.571. The Kier molecular flexibility index (Phi) is 4.08. The van der Waals surface area contributed by atoms with E-state index in [1.165, 1.54) is 0 Å². The van der Waals surface area contributed by atoms with E-state index in [0.717, 1.165) is 17.2 Å². The normalized spacial score (nSPS) is 18.3. The third-order valence-electron chi connectivity index (χ3n) is 3.14. The minimum Gasteiger partial charge on any atom is -0.443 e. The number of nitrogens with zero attached hydrogens (tertiary/aromatic N) is 2. The molecule has 0 aromatic carbocycles. The van der Waals surface area contributed by atoms with E-state index in [0.29, 0.717) is 5.56 Å². The fourth-order valence-corrected chi connectivity index (χ4v) is 2.27. The molecule has 0 saturated heterocycles. The van der Waals surface area contributed by atoms with Gasteiger partial charge in [0.1, 0.15) is 11.3 Å². The largest absolute Gasteiger partial charge is 0.443 e. The first-order chi connectivity index (χ1) is 10.0. The molecular weight excluding hydrogens is 301 g/mol. The average molecular weight is 318 g/mol. The first-order valence-electron chi connectivity index (χ1n) is 6.72. The molecule has 1 aromatic rings. The van der Waals surface area contributed by atoms with E-state index < -0.39 is 29.6 Å². The van der Waals surface area contributed by atoms with Crippen LogP contribution in [0.2, 0.25) is 0 Å². The van der Waals surface area contributed by atoms with Crippen LogP contribution in [-0.2, 0) is 17.3 Å². The molecule has 22 heavy (non-hydrogen) atoms. The molecule has 0 radical (unpaired) electrons. The lowest BCUT2D eigenvalue weighted by Crippen LogP contribution is -2.43. The van der Waals surface area contributed by atoms with Crippen LogP contribution in [0.15, 0.2) is 12.3 Å². The minimum absolute atomic E-state index is 0.122. The minimum atomic E-state index is -4.55. The second-order valence-corrected chi connectivity index (χ2v) is 6.09. The maximum Gasteiger partial charge on any atom is 0.433 e. The number of carbonyl (C=O) groups is 1. The van der Waals surface area contributed by atoms with Crippen LogP contribution in [0.1, 0.15) is 32.0 Å². The van der Waals surface area contributed by atoms with E-state index in [-0.39, 0.29) is 18.7 Å². The highest BCUT2D eigenvalue weighted by Crippen LogP contribution is 2.36. The van der Waals surface area contributed by atoms with Crippen molar-refractivity contribution < 1.29 is 27.8 Å². The summed E-state index contributed by atoms with van der Waals surface area (Å²) in [5, 5.41) is 9.39. The highest BCUT2D eigenvalue weighted by atomic mass is 19.4. The molecule has 0 aliphatic carbocycles. The standard InChI is InChI=1S/C14H17F3N2O3/c1-13(2,3)22-12(21)19-9(7-20)4-8-5-11(14(15,16)17)18-6-10(8)19/h5-6,9,20H,4,7H2,1-3H3. The Hall–Kier alpha value is -1.83. The summed E-state index contributed by atoms with van der Waals surface area (Å²) in [6.45, 7) is 4.66. The van der Waals surface area contributed by atoms with Crippen molar-refractivity contribution in [2.75, 3.05) is 11.5 Å². The molecule has 1 aromatic heterocycles. The van der Waals surface area contributed by atoms with Crippen LogP contribution in [0.4, 0.5) is 23.7 Å². The number of fused-ring (bicyclic) bond motifs is 1. The van der Waals surface area contributed by atoms with E-state index in [9.17, 15) is 23.1 Å². The van der Waals surface area contributed by atoms with Gasteiger partial charge in [0, 0.05) is 0 Å². The third-order valence-corrected chi connectivity index (χ3v) is 3.14. The van der Waals surface area contributed by atoms with Crippen LogP contribution in [0.5, 0.6) is 0 Å². The fourth-order valence-electron chi connectivity index (χ4n) is 2.27. The molecule has 1 amide bonds. The van der Waals surface area contributed by atoms with Crippen molar-refractivity contribution in [2.45, 2.75) is 45.0 Å². The van der Waals surface area contributed by atoms with Gasteiger partial charge in [-0.25, -0.2) is 9.78 Å². The van der Waals surface area contributed by atoms with Crippen LogP contribution in [0, 0.1) is 0 Å². The van der Waals surface area contributed by atoms with E-state index in [1.807, 2.05) is 0 Å². The highest BCUT2D eigenvalue weighted by molar-refractivity contribution is 5.91. The van der Waals surface area contributed by atoms with Crippen molar-refractivity contribution in [3.63, 3.8) is 0 Å². The summed E-state index contributed by atoms with van der Waals surface area (Å²) >= 11 is 0. The van der Waals surface area contributed by atoms with Crippen molar-refractivity contribution in [2.24, 2.45) is 0 Å². The van der Waals surface area contributed by atoms with E-state index in [4.69, 9.17) is 4.74 Å². The van der Waals surface area contributed by atoms with Gasteiger partial charge in [0.15, 0.2) is 0 Å². The first kappa shape index (κ1) is 16.5. The molecule has 122 valence electrons. The zero-order valence-corrected chi connectivity index (χ0v) is 12.4. The maximum atomic E-state index is 12.7. The Labute approximate surface area is 125 Å². The van der Waals surface area contributed by atoms with Crippen molar-refractivity contribution in [3.8, 4) is 0 Å². The number of pyridine rings is 1. The lowest BCUT2D eigenvalue weighted by atomic mass is 10.1. The van der Waals surface area contributed by atoms with Gasteiger partial charge in [-0.2, -0.15) is 13.2 Å². The van der Waals surface area contributed by atoms with Crippen LogP contribution in [0.25, 0.3) is 0 Å². The molecule has 1 aliphatic rings. The zero-order valence-electron chi connectivity index (χ0n) is 12.4. The number of rotatable bonds is 1. The number of carbonyl (C=O) groups excluding carboxylic acids is 1. The molecule has 0 bridgehead atoms. The van der Waals surface area contributed by atoms with Crippen molar-refractivity contribution in [1.29, 1.82) is 0 Å². The number of alkyl halides is 3. The summed E-state index contributed by atoms with van der Waals surface area (Å²) in [6.07, 6.45) is -4.15. The lowest BCUT2D eigenvalue weighted by Gasteiger charge is -2.28. The van der Waals surface area contributed by atoms with Gasteiger partial charge < -0.3 is 9.84 Å². The summed E-state index contributed by atoms with van der Waals surface area (Å²) in [5.41, 5.74) is -1.22. The van der Waals surface area contributed by atoms with Crippen LogP contribution in [0.3, 0.4) is 0 Å². The number of hydrogen-bond acceptors (Lipinski definition) is 4. The molecule has 0 saturated carbocycles. The average Bonchev–Trinajstić information content (AvgIpc) is 2.72. The molecule has 1 aliphatic heterocycles. The molecule has 1 unspecified atom stereocenters. The smallest absolute Gasteiger partial charge is 0.433 e. The first-order valence-corrected chi connectivity index (χ1v) is 6.72. The zero-order chi connectivity index (χ0) is 16.7. The van der Waals surface area contributed by atoms with E-state index in [1.54, 1.807) is 20.8 Å². The van der Waals surface area contributed by atoms with Gasteiger partial charge >= 0.3 is 12.3 Å². The van der Waals surface area contributed by atoms with E-state index >= 15 is 0 Å². The molecular formula is C14H17F3N2O3. The lowest BCUT2D eigenvalue weighted by molar-refractivity contribution is -0.141. The summed E-state index contributed by atoms with van der Waals surface area (Å²) in [7, 11) is 0. The van der Waals surface area contributed by atoms with Crippen molar-refractivity contribution in [1.82, 2.24) is 4.98 Å². The Morgan fingerprint density at radius 3 is 2.59 bits per heavy atom. The maximum absolute atomic E-state index is 12.7. The van der Waals surface area contributed by atoms with Gasteiger partial charge in [0.25, 0.3) is 0 Å². The molecule has 1 atom stereocenters. The van der Waals surface area contributed by atoms with Gasteiger partial charge in [0.2, 0.25) is 0 Å². The molecule has 2 rings (SSSR count). The second kappa shape index (κ2) is 5.42. The number of aromatic nitrogens is 1. The Morgan fingerprint density at radius 1 is 1.45 bits per heavy atom. The number of ether oxygens (including phenoxy) is 1. The SMILES string of the molecule is CC(C)(C)OC(=O)N1c2cnc(C(F)(F)F)cc2CC1CO. The Bertz CT molecular complexity index is 582. The topological polar surface area (TPSA) is 62.7 Å². The van der Waals surface area contributed by atoms with Crippen LogP contribution in [-0.4, -0.2) is 34.4 Å². The number of amides is 1. The number of halogens is 3. The Morgan fingerprint density at radius 2 is 2.09 bits per heavy atom. The number of hydrogen-bond donors (Lipinski definition) is 1. The quantitative estimate of drug-likeness (QED) is 0.865. The van der Waals surface area contributed by atoms with Crippen LogP contribution < -0.4 is 4.90 Å². The Balaban J connectivity index is 2.36. The van der Waals surface area contributed by atoms with Gasteiger partial charge in [-0.05, 0) is 38.8 Å². The predicted molar refractivity (Wildman–Crippen MR) is 72.5 cm³/mol. The van der Waals surface area contributed by atoms with Crippen LogP contribution >= 0.6 is 0 Å². The van der Waals surface area contributed by atoms with Crippen molar-refractivity contribution >= 4 is 11.8 Å². The molecule has 0 fully saturated rings. The highest BCUT2D eigenvalue weighted by Gasteiger charge is 2.39. The summed E-state index contributed by atoms with van der Waals surface area (Å²) < 4.78 is 43.3. The van der Waals surface area contributed by atoms with Gasteiger partial charge in [-0.15, -0.1) is 0 Å². The monoisotopic (exact) mass is 318 g/mol. The number of aliphatic hydroxyl groups excluding tert-OH is 1. The molecule has 2 heterocycles. The van der Waals surface area contributed by atoms with Gasteiger partial charge in [0.05, 0.1) is 24.5 Å². The third kappa shape index (κ3) is 3.32. The number of aliphatic hydroxyl groups is 1. The van der Waals surface area contributed by atoms with Crippen molar-refractivity contribution in [3.05, 3.63) is 23.5 Å². The van der Waals surface area contributed by atoms with Gasteiger partial charge in [-0.3, -0.25) is 4.90 Å². The summed E-state index contributed by atoms with van der Waals surface area (Å²) in [4.78, 5) is 16.7. The second-order valence-electron chi connectivity index (χ2n) is 6.09. The summed E-state index contributed by atoms with van der Waals surface area (Å²) in [5.74, 6) is 0. The number of anilines is 1.